The van der Waals surface area contributed by atoms with Gasteiger partial charge in [-0.15, -0.1) is 0 Å². The molecule has 0 saturated heterocycles. The number of rotatable bonds is 6. The van der Waals surface area contributed by atoms with Crippen molar-refractivity contribution in [1.29, 1.82) is 0 Å². The van der Waals surface area contributed by atoms with Crippen molar-refractivity contribution in [1.82, 2.24) is 10.1 Å². The summed E-state index contributed by atoms with van der Waals surface area (Å²) in [4.78, 5) is 14.6. The monoisotopic (exact) mass is 266 g/mol. The van der Waals surface area contributed by atoms with Crippen molar-refractivity contribution in [3.05, 3.63) is 17.0 Å². The summed E-state index contributed by atoms with van der Waals surface area (Å²) in [7, 11) is 0. The highest BCUT2D eigenvalue weighted by molar-refractivity contribution is 5.96. The van der Waals surface area contributed by atoms with E-state index in [0.29, 0.717) is 36.8 Å². The van der Waals surface area contributed by atoms with Crippen molar-refractivity contribution in [3.63, 3.8) is 0 Å². The molecular weight excluding hydrogens is 244 g/mol. The molecule has 1 amide bonds. The Bertz CT molecular complexity index is 438. The molecule has 0 aromatic carbocycles. The number of carbonyl (C=O) groups excluding carboxylic acids is 1. The van der Waals surface area contributed by atoms with Crippen LogP contribution in [0.5, 0.6) is 0 Å². The lowest BCUT2D eigenvalue weighted by Gasteiger charge is -2.37. The van der Waals surface area contributed by atoms with Gasteiger partial charge in [0, 0.05) is 19.2 Å². The summed E-state index contributed by atoms with van der Waals surface area (Å²) in [6.45, 7) is 4.47. The van der Waals surface area contributed by atoms with Gasteiger partial charge >= 0.3 is 0 Å². The number of aliphatic hydroxyl groups is 1. The molecule has 0 radical (unpaired) electrons. The summed E-state index contributed by atoms with van der Waals surface area (Å²) in [5, 5.41) is 12.9. The van der Waals surface area contributed by atoms with Gasteiger partial charge in [0.15, 0.2) is 0 Å². The molecule has 5 nitrogen and oxygen atoms in total. The highest BCUT2D eigenvalue weighted by atomic mass is 16.5. The Balaban J connectivity index is 2.19. The number of aliphatic hydroxyl groups excluding tert-OH is 1. The standard InChI is InChI=1S/C14H22N2O3/c1-3-12-13(10(2)19-15-12)14(18)16(8-5-9-17)11-6-4-7-11/h11,17H,3-9H2,1-2H3. The van der Waals surface area contributed by atoms with Crippen LogP contribution in [0.15, 0.2) is 4.52 Å². The lowest BCUT2D eigenvalue weighted by atomic mass is 9.90. The average molecular weight is 266 g/mol. The van der Waals surface area contributed by atoms with Gasteiger partial charge < -0.3 is 14.5 Å². The molecule has 19 heavy (non-hydrogen) atoms. The van der Waals surface area contributed by atoms with Crippen LogP contribution in [0, 0.1) is 6.92 Å². The lowest BCUT2D eigenvalue weighted by Crippen LogP contribution is -2.45. The highest BCUT2D eigenvalue weighted by Crippen LogP contribution is 2.28. The van der Waals surface area contributed by atoms with E-state index < -0.39 is 0 Å². The molecule has 1 aromatic heterocycles. The van der Waals surface area contributed by atoms with E-state index in [1.807, 2.05) is 11.8 Å². The van der Waals surface area contributed by atoms with Crippen LogP contribution in [-0.4, -0.2) is 40.3 Å². The molecule has 1 saturated carbocycles. The van der Waals surface area contributed by atoms with Crippen molar-refractivity contribution in [2.45, 2.75) is 52.0 Å². The molecule has 1 heterocycles. The van der Waals surface area contributed by atoms with Crippen LogP contribution in [0.2, 0.25) is 0 Å². The first kappa shape index (κ1) is 14.1. The van der Waals surface area contributed by atoms with Crippen LogP contribution in [0.25, 0.3) is 0 Å². The smallest absolute Gasteiger partial charge is 0.259 e. The van der Waals surface area contributed by atoms with E-state index in [2.05, 4.69) is 5.16 Å². The molecule has 106 valence electrons. The van der Waals surface area contributed by atoms with E-state index in [1.165, 1.54) is 6.42 Å². The predicted octanol–water partition coefficient (Wildman–Crippen LogP) is 1.92. The number of carbonyl (C=O) groups is 1. The maximum atomic E-state index is 12.7. The third-order valence-electron chi connectivity index (χ3n) is 3.82. The van der Waals surface area contributed by atoms with Gasteiger partial charge in [0.05, 0.1) is 5.69 Å². The Labute approximate surface area is 113 Å². The van der Waals surface area contributed by atoms with Crippen LogP contribution in [0.4, 0.5) is 0 Å². The van der Waals surface area contributed by atoms with E-state index in [0.717, 1.165) is 18.5 Å². The van der Waals surface area contributed by atoms with Crippen molar-refractivity contribution in [2.24, 2.45) is 0 Å². The zero-order chi connectivity index (χ0) is 13.8. The fourth-order valence-corrected chi connectivity index (χ4v) is 2.47. The topological polar surface area (TPSA) is 66.6 Å². The van der Waals surface area contributed by atoms with Gasteiger partial charge in [-0.3, -0.25) is 4.79 Å². The molecule has 1 aliphatic carbocycles. The number of amides is 1. The molecule has 5 heteroatoms. The Morgan fingerprint density at radius 2 is 2.26 bits per heavy atom. The molecule has 1 aromatic rings. The predicted molar refractivity (Wildman–Crippen MR) is 71.0 cm³/mol. The number of aryl methyl sites for hydroxylation is 2. The van der Waals surface area contributed by atoms with Crippen molar-refractivity contribution in [3.8, 4) is 0 Å². The van der Waals surface area contributed by atoms with Gasteiger partial charge in [0.25, 0.3) is 5.91 Å². The van der Waals surface area contributed by atoms with E-state index in [-0.39, 0.29) is 12.5 Å². The Morgan fingerprint density at radius 1 is 1.53 bits per heavy atom. The Hall–Kier alpha value is -1.36. The van der Waals surface area contributed by atoms with Gasteiger partial charge in [0.1, 0.15) is 11.3 Å². The molecule has 0 bridgehead atoms. The first-order valence-corrected chi connectivity index (χ1v) is 7.06. The maximum Gasteiger partial charge on any atom is 0.259 e. The van der Waals surface area contributed by atoms with Crippen LogP contribution in [0.1, 0.15) is 54.4 Å². The maximum absolute atomic E-state index is 12.7. The molecule has 1 aliphatic rings. The van der Waals surface area contributed by atoms with Crippen molar-refractivity contribution >= 4 is 5.91 Å². The molecule has 0 aliphatic heterocycles. The number of nitrogens with zero attached hydrogens (tertiary/aromatic N) is 2. The van der Waals surface area contributed by atoms with Crippen molar-refractivity contribution in [2.75, 3.05) is 13.2 Å². The number of hydrogen-bond acceptors (Lipinski definition) is 4. The number of hydrogen-bond donors (Lipinski definition) is 1. The lowest BCUT2D eigenvalue weighted by molar-refractivity contribution is 0.0560. The van der Waals surface area contributed by atoms with Gasteiger partial charge in [0.2, 0.25) is 0 Å². The number of aromatic nitrogens is 1. The minimum absolute atomic E-state index is 0.00810. The van der Waals surface area contributed by atoms with E-state index >= 15 is 0 Å². The Kier molecular flexibility index (Phi) is 4.58. The van der Waals surface area contributed by atoms with Gasteiger partial charge in [-0.1, -0.05) is 12.1 Å². The van der Waals surface area contributed by atoms with E-state index in [4.69, 9.17) is 9.63 Å². The average Bonchev–Trinajstić information content (AvgIpc) is 2.72. The molecule has 1 fully saturated rings. The second-order valence-corrected chi connectivity index (χ2v) is 5.07. The van der Waals surface area contributed by atoms with Crippen LogP contribution in [0.3, 0.4) is 0 Å². The van der Waals surface area contributed by atoms with Gasteiger partial charge in [-0.2, -0.15) is 0 Å². The van der Waals surface area contributed by atoms with Crippen LogP contribution in [-0.2, 0) is 6.42 Å². The molecule has 1 N–H and O–H groups in total. The molecule has 2 rings (SSSR count). The fourth-order valence-electron chi connectivity index (χ4n) is 2.47. The third kappa shape index (κ3) is 2.81. The SMILES string of the molecule is CCc1noc(C)c1C(=O)N(CCCO)C1CCC1. The van der Waals surface area contributed by atoms with E-state index in [9.17, 15) is 4.79 Å². The summed E-state index contributed by atoms with van der Waals surface area (Å²) in [5.41, 5.74) is 1.35. The summed E-state index contributed by atoms with van der Waals surface area (Å²) >= 11 is 0. The third-order valence-corrected chi connectivity index (χ3v) is 3.82. The molecular formula is C14H22N2O3. The summed E-state index contributed by atoms with van der Waals surface area (Å²) in [6.07, 6.45) is 4.60. The fraction of sp³-hybridized carbons (Fsp3) is 0.714. The van der Waals surface area contributed by atoms with E-state index in [1.54, 1.807) is 6.92 Å². The summed E-state index contributed by atoms with van der Waals surface area (Å²) in [5.74, 6) is 0.601. The van der Waals surface area contributed by atoms with Crippen LogP contribution >= 0.6 is 0 Å². The van der Waals surface area contributed by atoms with Crippen LogP contribution < -0.4 is 0 Å². The first-order chi connectivity index (χ1) is 9.19. The summed E-state index contributed by atoms with van der Waals surface area (Å²) < 4.78 is 5.15. The second kappa shape index (κ2) is 6.19. The minimum atomic E-state index is 0.00810. The first-order valence-electron chi connectivity index (χ1n) is 7.06. The largest absolute Gasteiger partial charge is 0.396 e. The molecule has 0 atom stereocenters. The molecule has 0 spiro atoms. The second-order valence-electron chi connectivity index (χ2n) is 5.07. The minimum Gasteiger partial charge on any atom is -0.396 e. The quantitative estimate of drug-likeness (QED) is 0.854. The normalized spacial score (nSPS) is 15.3. The Morgan fingerprint density at radius 3 is 2.79 bits per heavy atom. The van der Waals surface area contributed by atoms with Gasteiger partial charge in [-0.05, 0) is 39.0 Å². The zero-order valence-electron chi connectivity index (χ0n) is 11.7. The van der Waals surface area contributed by atoms with Crippen molar-refractivity contribution < 1.29 is 14.4 Å². The van der Waals surface area contributed by atoms with Gasteiger partial charge in [-0.25, -0.2) is 0 Å². The molecule has 0 unspecified atom stereocenters. The zero-order valence-corrected chi connectivity index (χ0v) is 11.7. The summed E-state index contributed by atoms with van der Waals surface area (Å²) in [6, 6.07) is 0.318. The highest BCUT2D eigenvalue weighted by Gasteiger charge is 2.32.